The first kappa shape index (κ1) is 49.0. The van der Waals surface area contributed by atoms with Crippen LogP contribution >= 0.6 is 0 Å². The molecule has 2 aliphatic rings. The van der Waals surface area contributed by atoms with Gasteiger partial charge in [0.2, 0.25) is 0 Å². The number of carboxylic acid groups (broad SMARTS) is 2. The number of nitrogens with zero attached hydrogens (tertiary/aromatic N) is 8. The zero-order chi connectivity index (χ0) is 50.8. The number of hydrogen-bond donors (Lipinski definition) is 2. The first-order valence-electron chi connectivity index (χ1n) is 24.8. The molecule has 0 aliphatic carbocycles. The number of aryl methyl sites for hydroxylation is 6. The Kier molecular flexibility index (Phi) is 14.1. The van der Waals surface area contributed by atoms with Crippen LogP contribution in [0.5, 0.6) is 0 Å². The molecule has 10 rings (SSSR count). The number of aliphatic carboxylic acids is 2. The lowest BCUT2D eigenvalue weighted by Gasteiger charge is -2.31. The van der Waals surface area contributed by atoms with Gasteiger partial charge in [0.25, 0.3) is 11.8 Å². The Morgan fingerprint density at radius 1 is 0.542 bits per heavy atom. The quantitative estimate of drug-likeness (QED) is 0.120. The SMILES string of the molecule is CCn1nnc2c(C)c([C@@H](CC(=O)O)c3cc(C)c4c(c3)CN(C(=O)c3ccccc3)CC4)ccc21.CCn1nnc2c(C)c([C@H](CC(=O)O)c3cc(C)c4c(c3)CN(C(=O)c3ccccc3)CC4)ccc21. The van der Waals surface area contributed by atoms with Crippen LogP contribution in [-0.2, 0) is 48.6 Å². The van der Waals surface area contributed by atoms with E-state index in [9.17, 15) is 29.4 Å². The van der Waals surface area contributed by atoms with Crippen LogP contribution in [0.1, 0.15) is 126 Å². The number of hydrogen-bond acceptors (Lipinski definition) is 8. The summed E-state index contributed by atoms with van der Waals surface area (Å²) in [7, 11) is 0. The summed E-state index contributed by atoms with van der Waals surface area (Å²) in [5.74, 6) is -2.33. The molecular formula is C58H60N8O6. The van der Waals surface area contributed by atoms with E-state index in [1.807, 2.05) is 132 Å². The Morgan fingerprint density at radius 2 is 0.931 bits per heavy atom. The third-order valence-corrected chi connectivity index (χ3v) is 14.7. The van der Waals surface area contributed by atoms with Gasteiger partial charge in [-0.05, 0) is 158 Å². The highest BCUT2D eigenvalue weighted by atomic mass is 16.4. The van der Waals surface area contributed by atoms with Gasteiger partial charge in [-0.15, -0.1) is 10.2 Å². The average Bonchev–Trinajstić information content (AvgIpc) is 4.03. The number of benzene rings is 6. The van der Waals surface area contributed by atoms with Gasteiger partial charge in [-0.3, -0.25) is 19.2 Å². The Bertz CT molecular complexity index is 3140. The van der Waals surface area contributed by atoms with Crippen LogP contribution in [0.25, 0.3) is 22.1 Å². The summed E-state index contributed by atoms with van der Waals surface area (Å²) < 4.78 is 3.69. The van der Waals surface area contributed by atoms with E-state index in [-0.39, 0.29) is 36.5 Å². The molecule has 0 spiro atoms. The Hall–Kier alpha value is -8.00. The molecule has 0 unspecified atom stereocenters. The molecule has 8 aromatic rings. The molecule has 0 fully saturated rings. The van der Waals surface area contributed by atoms with Crippen LogP contribution in [-0.4, -0.2) is 86.8 Å². The van der Waals surface area contributed by atoms with Crippen molar-refractivity contribution in [3.8, 4) is 0 Å². The summed E-state index contributed by atoms with van der Waals surface area (Å²) >= 11 is 0. The zero-order valence-corrected chi connectivity index (χ0v) is 41.7. The number of rotatable bonds is 12. The third kappa shape index (κ3) is 9.73. The molecule has 0 bridgehead atoms. The van der Waals surface area contributed by atoms with Gasteiger partial charge in [0.15, 0.2) is 0 Å². The van der Waals surface area contributed by atoms with E-state index in [0.29, 0.717) is 37.3 Å². The fraction of sp³-hybridized carbons (Fsp3) is 0.310. The number of carboxylic acids is 2. The summed E-state index contributed by atoms with van der Waals surface area (Å²) in [5, 5.41) is 36.9. The topological polar surface area (TPSA) is 177 Å². The molecule has 2 N–H and O–H groups in total. The van der Waals surface area contributed by atoms with Crippen molar-refractivity contribution >= 4 is 45.8 Å². The molecule has 2 atom stereocenters. The Labute approximate surface area is 418 Å². The molecule has 0 radical (unpaired) electrons. The number of carbonyl (C=O) groups is 4. The van der Waals surface area contributed by atoms with E-state index in [4.69, 9.17) is 0 Å². The summed E-state index contributed by atoms with van der Waals surface area (Å²) in [4.78, 5) is 53.9. The minimum atomic E-state index is -0.854. The third-order valence-electron chi connectivity index (χ3n) is 14.7. The molecule has 4 heterocycles. The fourth-order valence-electron chi connectivity index (χ4n) is 10.9. The first-order valence-corrected chi connectivity index (χ1v) is 24.8. The van der Waals surface area contributed by atoms with Crippen LogP contribution in [0.3, 0.4) is 0 Å². The van der Waals surface area contributed by atoms with Crippen molar-refractivity contribution in [2.75, 3.05) is 13.1 Å². The predicted octanol–water partition coefficient (Wildman–Crippen LogP) is 9.75. The molecule has 0 saturated carbocycles. The number of aromatic nitrogens is 6. The lowest BCUT2D eigenvalue weighted by molar-refractivity contribution is -0.138. The lowest BCUT2D eigenvalue weighted by Crippen LogP contribution is -2.36. The maximum absolute atomic E-state index is 13.1. The maximum Gasteiger partial charge on any atom is 0.304 e. The van der Waals surface area contributed by atoms with Crippen molar-refractivity contribution in [2.24, 2.45) is 0 Å². The summed E-state index contributed by atoms with van der Waals surface area (Å²) in [6.45, 7) is 16.0. The van der Waals surface area contributed by atoms with E-state index in [1.165, 1.54) is 11.1 Å². The van der Waals surface area contributed by atoms with Gasteiger partial charge in [-0.25, -0.2) is 9.36 Å². The number of carbonyl (C=O) groups excluding carboxylic acids is 2. The normalized spacial score (nSPS) is 14.0. The molecule has 6 aromatic carbocycles. The van der Waals surface area contributed by atoms with Crippen molar-refractivity contribution in [2.45, 2.75) is 105 Å². The van der Waals surface area contributed by atoms with Crippen molar-refractivity contribution in [3.63, 3.8) is 0 Å². The molecule has 2 aliphatic heterocycles. The van der Waals surface area contributed by atoms with Gasteiger partial charge < -0.3 is 20.0 Å². The standard InChI is InChI=1S/2C29H30N4O3/c2*1-4-33-26-11-10-24(19(3)28(26)30-31-33)25(16-27(34)35)21-14-18(2)23-12-13-32(17-22(23)15-21)29(36)20-8-6-5-7-9-20/h2*5-11,14-15,25H,4,12-13,16-17H2,1-3H3,(H,34,35)/t2*25-/m10/s1. The summed E-state index contributed by atoms with van der Waals surface area (Å²) in [5.41, 5.74) is 17.5. The van der Waals surface area contributed by atoms with Crippen molar-refractivity contribution in [1.29, 1.82) is 0 Å². The molecule has 2 aromatic heterocycles. The molecule has 72 heavy (non-hydrogen) atoms. The van der Waals surface area contributed by atoms with Gasteiger partial charge in [-0.2, -0.15) is 0 Å². The Morgan fingerprint density at radius 3 is 1.29 bits per heavy atom. The van der Waals surface area contributed by atoms with E-state index in [1.54, 1.807) is 0 Å². The summed E-state index contributed by atoms with van der Waals surface area (Å²) in [6.07, 6.45) is 1.52. The number of fused-ring (bicyclic) bond motifs is 4. The minimum absolute atomic E-state index is 0.0201. The summed E-state index contributed by atoms with van der Waals surface area (Å²) in [6, 6.07) is 35.1. The van der Waals surface area contributed by atoms with E-state index < -0.39 is 11.9 Å². The van der Waals surface area contributed by atoms with Gasteiger partial charge in [-0.1, -0.05) is 83.2 Å². The van der Waals surface area contributed by atoms with Crippen LogP contribution in [0.4, 0.5) is 0 Å². The van der Waals surface area contributed by atoms with Crippen molar-refractivity contribution in [1.82, 2.24) is 39.8 Å². The van der Waals surface area contributed by atoms with Crippen LogP contribution in [0, 0.1) is 27.7 Å². The highest BCUT2D eigenvalue weighted by molar-refractivity contribution is 5.95. The van der Waals surface area contributed by atoms with Gasteiger partial charge in [0.1, 0.15) is 11.0 Å². The average molecular weight is 965 g/mol. The molecule has 14 nitrogen and oxygen atoms in total. The molecular weight excluding hydrogens is 905 g/mol. The highest BCUT2D eigenvalue weighted by Crippen LogP contribution is 2.38. The lowest BCUT2D eigenvalue weighted by atomic mass is 9.82. The zero-order valence-electron chi connectivity index (χ0n) is 41.7. The van der Waals surface area contributed by atoms with Crippen molar-refractivity contribution < 1.29 is 29.4 Å². The largest absolute Gasteiger partial charge is 0.481 e. The second kappa shape index (κ2) is 20.8. The van der Waals surface area contributed by atoms with E-state index in [0.717, 1.165) is 104 Å². The van der Waals surface area contributed by atoms with Gasteiger partial charge >= 0.3 is 11.9 Å². The number of amides is 2. The highest BCUT2D eigenvalue weighted by Gasteiger charge is 2.30. The minimum Gasteiger partial charge on any atom is -0.481 e. The van der Waals surface area contributed by atoms with Crippen LogP contribution in [0.15, 0.2) is 109 Å². The van der Waals surface area contributed by atoms with E-state index in [2.05, 4.69) is 58.7 Å². The fourth-order valence-corrected chi connectivity index (χ4v) is 10.9. The van der Waals surface area contributed by atoms with Crippen LogP contribution < -0.4 is 0 Å². The molecule has 368 valence electrons. The predicted molar refractivity (Wildman–Crippen MR) is 276 cm³/mol. The Balaban J connectivity index is 0.000000178. The smallest absolute Gasteiger partial charge is 0.304 e. The maximum atomic E-state index is 13.1. The second-order valence-corrected chi connectivity index (χ2v) is 19.0. The van der Waals surface area contributed by atoms with Crippen molar-refractivity contribution in [3.05, 3.63) is 187 Å². The van der Waals surface area contributed by atoms with Gasteiger partial charge in [0.05, 0.1) is 23.9 Å². The monoisotopic (exact) mass is 964 g/mol. The second-order valence-electron chi connectivity index (χ2n) is 19.0. The first-order chi connectivity index (χ1) is 34.7. The molecule has 0 saturated heterocycles. The molecule has 2 amide bonds. The van der Waals surface area contributed by atoms with Crippen LogP contribution in [0.2, 0.25) is 0 Å². The molecule has 14 heteroatoms. The van der Waals surface area contributed by atoms with Gasteiger partial charge in [0, 0.05) is 62.2 Å². The van der Waals surface area contributed by atoms with E-state index >= 15 is 0 Å².